The van der Waals surface area contributed by atoms with Crippen LogP contribution in [-0.4, -0.2) is 32.8 Å². The summed E-state index contributed by atoms with van der Waals surface area (Å²) in [6.07, 6.45) is 3.02. The number of anilines is 1. The second-order valence-electron chi connectivity index (χ2n) is 4.93. The van der Waals surface area contributed by atoms with Crippen LogP contribution in [0, 0.1) is 0 Å². The topological polar surface area (TPSA) is 38.5 Å². The lowest BCUT2D eigenvalue weighted by Gasteiger charge is -2.34. The van der Waals surface area contributed by atoms with Crippen LogP contribution in [0.15, 0.2) is 18.2 Å². The zero-order valence-corrected chi connectivity index (χ0v) is 13.6. The van der Waals surface area contributed by atoms with Crippen LogP contribution in [0.4, 0.5) is 5.69 Å². The van der Waals surface area contributed by atoms with Gasteiger partial charge in [0.1, 0.15) is 0 Å². The Morgan fingerprint density at radius 2 is 2.00 bits per heavy atom. The molecule has 1 aromatic rings. The van der Waals surface area contributed by atoms with Crippen molar-refractivity contribution in [2.24, 2.45) is 5.73 Å². The molecule has 0 aliphatic heterocycles. The van der Waals surface area contributed by atoms with E-state index in [1.54, 1.807) is 7.11 Å². The fraction of sp³-hybridized carbons (Fsp3) is 0.625. The van der Waals surface area contributed by atoms with Crippen molar-refractivity contribution in [3.63, 3.8) is 0 Å². The van der Waals surface area contributed by atoms with E-state index in [9.17, 15) is 0 Å². The van der Waals surface area contributed by atoms with Crippen molar-refractivity contribution in [1.29, 1.82) is 0 Å². The largest absolute Gasteiger partial charge is 0.383 e. The molecule has 0 aliphatic carbocycles. The van der Waals surface area contributed by atoms with Gasteiger partial charge < -0.3 is 15.4 Å². The van der Waals surface area contributed by atoms with Crippen molar-refractivity contribution >= 4 is 17.3 Å². The number of nitrogens with two attached hydrogens (primary N) is 1. The first-order valence-electron chi connectivity index (χ1n) is 7.42. The first kappa shape index (κ1) is 17.3. The highest BCUT2D eigenvalue weighted by atomic mass is 35.5. The predicted octanol–water partition coefficient (Wildman–Crippen LogP) is 3.48. The van der Waals surface area contributed by atoms with E-state index < -0.39 is 0 Å². The molecule has 0 aliphatic rings. The number of rotatable bonds is 9. The van der Waals surface area contributed by atoms with E-state index >= 15 is 0 Å². The molecule has 0 saturated carbocycles. The van der Waals surface area contributed by atoms with Crippen LogP contribution in [-0.2, 0) is 11.2 Å². The third-order valence-electron chi connectivity index (χ3n) is 3.72. The molecule has 0 amide bonds. The van der Waals surface area contributed by atoms with Crippen molar-refractivity contribution in [3.05, 3.63) is 28.8 Å². The molecule has 0 heterocycles. The van der Waals surface area contributed by atoms with Gasteiger partial charge in [0.25, 0.3) is 0 Å². The molecular weight excluding hydrogens is 272 g/mol. The van der Waals surface area contributed by atoms with Gasteiger partial charge in [-0.05, 0) is 43.5 Å². The standard InChI is InChI=1S/C16H27ClN2O/c1-4-13(5-2)19(11-12-20-3)16-8-6-7-15(17)14(16)9-10-18/h6-8,13H,4-5,9-12,18H2,1-3H3. The summed E-state index contributed by atoms with van der Waals surface area (Å²) in [5, 5.41) is 0.807. The minimum Gasteiger partial charge on any atom is -0.383 e. The zero-order valence-electron chi connectivity index (χ0n) is 12.9. The van der Waals surface area contributed by atoms with Gasteiger partial charge in [-0.15, -0.1) is 0 Å². The van der Waals surface area contributed by atoms with Crippen molar-refractivity contribution < 1.29 is 4.74 Å². The van der Waals surface area contributed by atoms with Gasteiger partial charge in [-0.3, -0.25) is 0 Å². The van der Waals surface area contributed by atoms with E-state index in [1.165, 1.54) is 5.69 Å². The van der Waals surface area contributed by atoms with E-state index in [1.807, 2.05) is 12.1 Å². The van der Waals surface area contributed by atoms with Crippen LogP contribution in [0.5, 0.6) is 0 Å². The molecule has 4 heteroatoms. The van der Waals surface area contributed by atoms with Gasteiger partial charge in [0.05, 0.1) is 6.61 Å². The van der Waals surface area contributed by atoms with E-state index in [0.29, 0.717) is 19.2 Å². The lowest BCUT2D eigenvalue weighted by molar-refractivity contribution is 0.202. The summed E-state index contributed by atoms with van der Waals surface area (Å²) in [7, 11) is 1.74. The highest BCUT2D eigenvalue weighted by Gasteiger charge is 2.19. The van der Waals surface area contributed by atoms with E-state index in [4.69, 9.17) is 22.1 Å². The molecule has 1 aromatic carbocycles. The Kier molecular flexibility index (Phi) is 7.97. The summed E-state index contributed by atoms with van der Waals surface area (Å²) in [5.41, 5.74) is 8.09. The van der Waals surface area contributed by atoms with E-state index in [0.717, 1.165) is 36.4 Å². The van der Waals surface area contributed by atoms with Crippen LogP contribution in [0.25, 0.3) is 0 Å². The average molecular weight is 299 g/mol. The third kappa shape index (κ3) is 4.37. The molecule has 0 unspecified atom stereocenters. The molecule has 0 radical (unpaired) electrons. The SMILES string of the molecule is CCC(CC)N(CCOC)c1cccc(Cl)c1CCN. The second-order valence-corrected chi connectivity index (χ2v) is 5.34. The van der Waals surface area contributed by atoms with E-state index in [-0.39, 0.29) is 0 Å². The monoisotopic (exact) mass is 298 g/mol. The predicted molar refractivity (Wildman–Crippen MR) is 87.8 cm³/mol. The number of hydrogen-bond acceptors (Lipinski definition) is 3. The van der Waals surface area contributed by atoms with Gasteiger partial charge >= 0.3 is 0 Å². The van der Waals surface area contributed by atoms with Crippen LogP contribution in [0.2, 0.25) is 5.02 Å². The molecule has 3 nitrogen and oxygen atoms in total. The lowest BCUT2D eigenvalue weighted by Crippen LogP contribution is -2.38. The molecule has 114 valence electrons. The van der Waals surface area contributed by atoms with Gasteiger partial charge in [0.15, 0.2) is 0 Å². The molecule has 1 rings (SSSR count). The Balaban J connectivity index is 3.14. The first-order valence-corrected chi connectivity index (χ1v) is 7.80. The maximum absolute atomic E-state index is 6.36. The number of nitrogens with zero attached hydrogens (tertiary/aromatic N) is 1. The molecule has 0 atom stereocenters. The second kappa shape index (κ2) is 9.22. The summed E-state index contributed by atoms with van der Waals surface area (Å²) >= 11 is 6.36. The van der Waals surface area contributed by atoms with Gasteiger partial charge in [0.2, 0.25) is 0 Å². The van der Waals surface area contributed by atoms with Crippen LogP contribution < -0.4 is 10.6 Å². The fourth-order valence-corrected chi connectivity index (χ4v) is 2.89. The van der Waals surface area contributed by atoms with Gasteiger partial charge in [-0.1, -0.05) is 31.5 Å². The maximum Gasteiger partial charge on any atom is 0.0637 e. The minimum absolute atomic E-state index is 0.500. The highest BCUT2D eigenvalue weighted by Crippen LogP contribution is 2.30. The molecule has 20 heavy (non-hydrogen) atoms. The Morgan fingerprint density at radius 1 is 1.30 bits per heavy atom. The van der Waals surface area contributed by atoms with Crippen molar-refractivity contribution in [1.82, 2.24) is 0 Å². The smallest absolute Gasteiger partial charge is 0.0637 e. The number of hydrogen-bond donors (Lipinski definition) is 1. The fourth-order valence-electron chi connectivity index (χ4n) is 2.63. The Labute approximate surface area is 128 Å². The van der Waals surface area contributed by atoms with Crippen LogP contribution in [0.3, 0.4) is 0 Å². The third-order valence-corrected chi connectivity index (χ3v) is 4.07. The van der Waals surface area contributed by atoms with Crippen molar-refractivity contribution in [2.75, 3.05) is 31.7 Å². The molecule has 0 bridgehead atoms. The molecule has 0 spiro atoms. The summed E-state index contributed by atoms with van der Waals surface area (Å²) < 4.78 is 5.26. The number of ether oxygens (including phenoxy) is 1. The molecule has 0 fully saturated rings. The maximum atomic E-state index is 6.36. The quantitative estimate of drug-likeness (QED) is 0.758. The summed E-state index contributed by atoms with van der Waals surface area (Å²) in [6, 6.07) is 6.60. The molecule has 0 aromatic heterocycles. The minimum atomic E-state index is 0.500. The lowest BCUT2D eigenvalue weighted by atomic mass is 10.0. The normalized spacial score (nSPS) is 11.1. The Morgan fingerprint density at radius 3 is 2.55 bits per heavy atom. The van der Waals surface area contributed by atoms with Crippen molar-refractivity contribution in [3.8, 4) is 0 Å². The number of benzene rings is 1. The summed E-state index contributed by atoms with van der Waals surface area (Å²) in [4.78, 5) is 2.42. The molecular formula is C16H27ClN2O. The van der Waals surface area contributed by atoms with Crippen molar-refractivity contribution in [2.45, 2.75) is 39.2 Å². The Hall–Kier alpha value is -0.770. The number of methoxy groups -OCH3 is 1. The van der Waals surface area contributed by atoms with Crippen LogP contribution in [0.1, 0.15) is 32.3 Å². The van der Waals surface area contributed by atoms with Gasteiger partial charge in [-0.25, -0.2) is 0 Å². The summed E-state index contributed by atoms with van der Waals surface area (Å²) in [5.74, 6) is 0. The average Bonchev–Trinajstić information content (AvgIpc) is 2.46. The zero-order chi connectivity index (χ0) is 15.0. The van der Waals surface area contributed by atoms with Gasteiger partial charge in [0, 0.05) is 30.4 Å². The van der Waals surface area contributed by atoms with Gasteiger partial charge in [-0.2, -0.15) is 0 Å². The first-order chi connectivity index (χ1) is 9.69. The molecule has 0 saturated heterocycles. The highest BCUT2D eigenvalue weighted by molar-refractivity contribution is 6.31. The Bertz CT molecular complexity index is 394. The van der Waals surface area contributed by atoms with E-state index in [2.05, 4.69) is 24.8 Å². The van der Waals surface area contributed by atoms with Crippen LogP contribution >= 0.6 is 11.6 Å². The molecule has 2 N–H and O–H groups in total. The number of halogens is 1. The summed E-state index contributed by atoms with van der Waals surface area (Å²) in [6.45, 7) is 6.64.